The van der Waals surface area contributed by atoms with Gasteiger partial charge < -0.3 is 5.32 Å². The largest absolute Gasteiger partial charge is 0.302 e. The van der Waals surface area contributed by atoms with Crippen molar-refractivity contribution in [2.45, 2.75) is 25.7 Å². The average Bonchev–Trinajstić information content (AvgIpc) is 2.97. The molecule has 1 aliphatic carbocycles. The van der Waals surface area contributed by atoms with Crippen molar-refractivity contribution in [3.05, 3.63) is 22.7 Å². The number of amides is 1. The van der Waals surface area contributed by atoms with E-state index in [0.717, 1.165) is 27.5 Å². The second kappa shape index (κ2) is 4.97. The van der Waals surface area contributed by atoms with Crippen molar-refractivity contribution in [1.82, 2.24) is 4.98 Å². The van der Waals surface area contributed by atoms with Gasteiger partial charge in [-0.15, -0.1) is 0 Å². The number of rotatable bonds is 2. The van der Waals surface area contributed by atoms with Crippen LogP contribution in [0.15, 0.2) is 22.7 Å². The lowest BCUT2D eigenvalue weighted by atomic mass is 10.1. The third kappa shape index (κ3) is 2.29. The SMILES string of the molecule is O=C(Nc1nc2c(Br)cccc2s1)C1CCCC1. The fourth-order valence-electron chi connectivity index (χ4n) is 2.36. The molecule has 1 aromatic carbocycles. The van der Waals surface area contributed by atoms with Gasteiger partial charge in [0, 0.05) is 10.4 Å². The highest BCUT2D eigenvalue weighted by Crippen LogP contribution is 2.32. The molecule has 1 aromatic heterocycles. The molecule has 1 aliphatic rings. The molecule has 3 nitrogen and oxygen atoms in total. The minimum absolute atomic E-state index is 0.127. The lowest BCUT2D eigenvalue weighted by Crippen LogP contribution is -2.20. The Hall–Kier alpha value is -0.940. The van der Waals surface area contributed by atoms with E-state index < -0.39 is 0 Å². The smallest absolute Gasteiger partial charge is 0.229 e. The molecule has 0 unspecified atom stereocenters. The van der Waals surface area contributed by atoms with Gasteiger partial charge in [0.1, 0.15) is 0 Å². The minimum Gasteiger partial charge on any atom is -0.302 e. The number of hydrogen-bond donors (Lipinski definition) is 1. The topological polar surface area (TPSA) is 42.0 Å². The standard InChI is InChI=1S/C13H13BrN2OS/c14-9-6-3-7-10-11(9)15-13(18-10)16-12(17)8-4-1-2-5-8/h3,6-8H,1-2,4-5H2,(H,15,16,17). The van der Waals surface area contributed by atoms with Crippen molar-refractivity contribution in [3.63, 3.8) is 0 Å². The summed E-state index contributed by atoms with van der Waals surface area (Å²) in [6.07, 6.45) is 4.37. The summed E-state index contributed by atoms with van der Waals surface area (Å²) in [5.74, 6) is 0.308. The van der Waals surface area contributed by atoms with E-state index in [1.807, 2.05) is 18.2 Å². The van der Waals surface area contributed by atoms with Gasteiger partial charge in [0.2, 0.25) is 5.91 Å². The zero-order chi connectivity index (χ0) is 12.5. The number of thiazole rings is 1. The van der Waals surface area contributed by atoms with Crippen LogP contribution in [0.5, 0.6) is 0 Å². The van der Waals surface area contributed by atoms with E-state index in [1.54, 1.807) is 0 Å². The number of aromatic nitrogens is 1. The van der Waals surface area contributed by atoms with Gasteiger partial charge in [0.05, 0.1) is 10.2 Å². The van der Waals surface area contributed by atoms with E-state index in [4.69, 9.17) is 0 Å². The molecule has 0 aliphatic heterocycles. The maximum Gasteiger partial charge on any atom is 0.229 e. The van der Waals surface area contributed by atoms with Gasteiger partial charge in [-0.05, 0) is 40.9 Å². The number of anilines is 1. The Kier molecular flexibility index (Phi) is 3.35. The van der Waals surface area contributed by atoms with E-state index in [0.29, 0.717) is 5.13 Å². The lowest BCUT2D eigenvalue weighted by Gasteiger charge is -2.07. The first kappa shape index (κ1) is 12.1. The van der Waals surface area contributed by atoms with E-state index in [9.17, 15) is 4.79 Å². The molecule has 0 radical (unpaired) electrons. The van der Waals surface area contributed by atoms with Gasteiger partial charge in [-0.3, -0.25) is 4.79 Å². The normalized spacial score (nSPS) is 16.3. The van der Waals surface area contributed by atoms with Crippen LogP contribution >= 0.6 is 27.3 Å². The van der Waals surface area contributed by atoms with E-state index >= 15 is 0 Å². The van der Waals surface area contributed by atoms with Crippen molar-refractivity contribution in [2.75, 3.05) is 5.32 Å². The molecular formula is C13H13BrN2OS. The van der Waals surface area contributed by atoms with Crippen LogP contribution in [-0.2, 0) is 4.79 Å². The highest BCUT2D eigenvalue weighted by atomic mass is 79.9. The number of halogens is 1. The van der Waals surface area contributed by atoms with Crippen LogP contribution in [0.1, 0.15) is 25.7 Å². The molecule has 1 saturated carbocycles. The Bertz CT molecular complexity index is 590. The molecule has 1 fully saturated rings. The van der Waals surface area contributed by atoms with E-state index in [2.05, 4.69) is 26.2 Å². The summed E-state index contributed by atoms with van der Waals surface area (Å²) in [6.45, 7) is 0. The molecule has 1 N–H and O–H groups in total. The molecule has 2 aromatic rings. The van der Waals surface area contributed by atoms with Gasteiger partial charge in [-0.25, -0.2) is 4.98 Å². The summed E-state index contributed by atoms with van der Waals surface area (Å²) < 4.78 is 2.06. The van der Waals surface area contributed by atoms with Crippen LogP contribution in [0, 0.1) is 5.92 Å². The summed E-state index contributed by atoms with van der Waals surface area (Å²) in [4.78, 5) is 16.5. The molecule has 3 rings (SSSR count). The predicted molar refractivity (Wildman–Crippen MR) is 77.9 cm³/mol. The Morgan fingerprint density at radius 1 is 1.39 bits per heavy atom. The van der Waals surface area contributed by atoms with Gasteiger partial charge in [0.25, 0.3) is 0 Å². The van der Waals surface area contributed by atoms with Crippen LogP contribution < -0.4 is 5.32 Å². The monoisotopic (exact) mass is 324 g/mol. The molecule has 0 saturated heterocycles. The Morgan fingerprint density at radius 2 is 2.17 bits per heavy atom. The zero-order valence-electron chi connectivity index (χ0n) is 9.78. The van der Waals surface area contributed by atoms with Crippen LogP contribution in [-0.4, -0.2) is 10.9 Å². The summed E-state index contributed by atoms with van der Waals surface area (Å²) in [6, 6.07) is 5.96. The lowest BCUT2D eigenvalue weighted by molar-refractivity contribution is -0.119. The fourth-order valence-corrected chi connectivity index (χ4v) is 3.85. The molecule has 0 atom stereocenters. The van der Waals surface area contributed by atoms with Crippen LogP contribution in [0.4, 0.5) is 5.13 Å². The zero-order valence-corrected chi connectivity index (χ0v) is 12.2. The number of nitrogens with zero attached hydrogens (tertiary/aromatic N) is 1. The number of carbonyl (C=O) groups is 1. The first-order chi connectivity index (χ1) is 8.74. The van der Waals surface area contributed by atoms with Crippen LogP contribution in [0.3, 0.4) is 0 Å². The number of hydrogen-bond acceptors (Lipinski definition) is 3. The summed E-state index contributed by atoms with van der Waals surface area (Å²) in [5, 5.41) is 3.65. The number of nitrogens with one attached hydrogen (secondary N) is 1. The van der Waals surface area contributed by atoms with Crippen molar-refractivity contribution in [1.29, 1.82) is 0 Å². The first-order valence-electron chi connectivity index (χ1n) is 6.10. The molecular weight excluding hydrogens is 312 g/mol. The van der Waals surface area contributed by atoms with Gasteiger partial charge in [-0.2, -0.15) is 0 Å². The highest BCUT2D eigenvalue weighted by molar-refractivity contribution is 9.10. The van der Waals surface area contributed by atoms with Crippen molar-refractivity contribution < 1.29 is 4.79 Å². The maximum atomic E-state index is 12.0. The second-order valence-electron chi connectivity index (χ2n) is 4.58. The number of benzene rings is 1. The average molecular weight is 325 g/mol. The molecule has 5 heteroatoms. The Balaban J connectivity index is 1.82. The summed E-state index contributed by atoms with van der Waals surface area (Å²) in [7, 11) is 0. The van der Waals surface area contributed by atoms with Gasteiger partial charge in [0.15, 0.2) is 5.13 Å². The number of para-hydroxylation sites is 1. The van der Waals surface area contributed by atoms with Crippen molar-refractivity contribution >= 4 is 48.5 Å². The van der Waals surface area contributed by atoms with Crippen LogP contribution in [0.25, 0.3) is 10.2 Å². The molecule has 94 valence electrons. The molecule has 1 heterocycles. The van der Waals surface area contributed by atoms with E-state index in [-0.39, 0.29) is 11.8 Å². The third-order valence-electron chi connectivity index (χ3n) is 3.33. The summed E-state index contributed by atoms with van der Waals surface area (Å²) in [5.41, 5.74) is 0.921. The Morgan fingerprint density at radius 3 is 2.89 bits per heavy atom. The summed E-state index contributed by atoms with van der Waals surface area (Å²) >= 11 is 5.00. The molecule has 1 amide bonds. The fraction of sp³-hybridized carbons (Fsp3) is 0.385. The van der Waals surface area contributed by atoms with Crippen molar-refractivity contribution in [2.24, 2.45) is 5.92 Å². The third-order valence-corrected chi connectivity index (χ3v) is 4.90. The highest BCUT2D eigenvalue weighted by Gasteiger charge is 2.23. The van der Waals surface area contributed by atoms with E-state index in [1.165, 1.54) is 24.2 Å². The van der Waals surface area contributed by atoms with Gasteiger partial charge in [-0.1, -0.05) is 30.2 Å². The molecule has 18 heavy (non-hydrogen) atoms. The maximum absolute atomic E-state index is 12.0. The number of carbonyl (C=O) groups excluding carboxylic acids is 1. The predicted octanol–water partition coefficient (Wildman–Crippen LogP) is 4.19. The van der Waals surface area contributed by atoms with Crippen LogP contribution in [0.2, 0.25) is 0 Å². The van der Waals surface area contributed by atoms with Crippen molar-refractivity contribution in [3.8, 4) is 0 Å². The second-order valence-corrected chi connectivity index (χ2v) is 6.46. The molecule has 0 bridgehead atoms. The number of fused-ring (bicyclic) bond motifs is 1. The first-order valence-corrected chi connectivity index (χ1v) is 7.71. The quantitative estimate of drug-likeness (QED) is 0.900. The minimum atomic E-state index is 0.127. The molecule has 0 spiro atoms. The Labute approximate surface area is 118 Å². The van der Waals surface area contributed by atoms with Gasteiger partial charge >= 0.3 is 0 Å².